The van der Waals surface area contributed by atoms with Crippen LogP contribution in [0.15, 0.2) is 42.6 Å². The molecule has 4 nitrogen and oxygen atoms in total. The van der Waals surface area contributed by atoms with Crippen molar-refractivity contribution in [1.82, 2.24) is 9.38 Å². The first-order chi connectivity index (χ1) is 10.7. The fourth-order valence-corrected chi connectivity index (χ4v) is 2.72. The van der Waals surface area contributed by atoms with Gasteiger partial charge in [-0.1, -0.05) is 25.1 Å². The van der Waals surface area contributed by atoms with Crippen molar-refractivity contribution in [3.63, 3.8) is 0 Å². The van der Waals surface area contributed by atoms with Crippen molar-refractivity contribution in [2.24, 2.45) is 0 Å². The van der Waals surface area contributed by atoms with Gasteiger partial charge < -0.3 is 14.2 Å². The third-order valence-corrected chi connectivity index (χ3v) is 3.93. The quantitative estimate of drug-likeness (QED) is 0.797. The van der Waals surface area contributed by atoms with E-state index >= 15 is 0 Å². The summed E-state index contributed by atoms with van der Waals surface area (Å²) in [4.78, 5) is 4.77. The number of ether oxygens (including phenoxy) is 1. The van der Waals surface area contributed by atoms with Gasteiger partial charge in [-0.25, -0.2) is 4.98 Å². The minimum absolute atomic E-state index is 0.557. The molecular formula is C18H20N2O2. The Balaban J connectivity index is 2.30. The first-order valence-electron chi connectivity index (χ1n) is 7.45. The molecule has 2 heterocycles. The van der Waals surface area contributed by atoms with Crippen molar-refractivity contribution in [2.45, 2.75) is 26.4 Å². The zero-order chi connectivity index (χ0) is 15.7. The summed E-state index contributed by atoms with van der Waals surface area (Å²) in [5.74, 6) is 0.781. The van der Waals surface area contributed by atoms with Gasteiger partial charge in [0.15, 0.2) is 0 Å². The molecule has 3 rings (SSSR count). The zero-order valence-electron chi connectivity index (χ0n) is 13.1. The number of fused-ring (bicyclic) bond motifs is 1. The topological polar surface area (TPSA) is 46.8 Å². The summed E-state index contributed by atoms with van der Waals surface area (Å²) in [7, 11) is 1.65. The van der Waals surface area contributed by atoms with Gasteiger partial charge in [0.2, 0.25) is 0 Å². The normalized spacial score (nSPS) is 12.5. The molecule has 1 atom stereocenters. The van der Waals surface area contributed by atoms with Crippen LogP contribution in [-0.4, -0.2) is 21.6 Å². The molecule has 0 saturated heterocycles. The van der Waals surface area contributed by atoms with E-state index in [1.54, 1.807) is 7.11 Å². The summed E-state index contributed by atoms with van der Waals surface area (Å²) in [6, 6.07) is 11.8. The van der Waals surface area contributed by atoms with E-state index in [4.69, 9.17) is 9.72 Å². The Hall–Kier alpha value is -2.33. The van der Waals surface area contributed by atoms with Crippen molar-refractivity contribution in [1.29, 1.82) is 0 Å². The SMILES string of the molecule is CCC(O)c1c(-c2cccc(OC)c2)nc2c(C)cccn12. The Morgan fingerprint density at radius 3 is 2.82 bits per heavy atom. The van der Waals surface area contributed by atoms with Crippen LogP contribution in [-0.2, 0) is 0 Å². The molecular weight excluding hydrogens is 276 g/mol. The van der Waals surface area contributed by atoms with Gasteiger partial charge in [-0.2, -0.15) is 0 Å². The Bertz CT molecular complexity index is 808. The highest BCUT2D eigenvalue weighted by molar-refractivity contribution is 5.69. The van der Waals surface area contributed by atoms with E-state index in [1.807, 2.05) is 60.8 Å². The largest absolute Gasteiger partial charge is 0.497 e. The molecule has 0 fully saturated rings. The monoisotopic (exact) mass is 296 g/mol. The first kappa shape index (κ1) is 14.6. The molecule has 0 aliphatic rings. The van der Waals surface area contributed by atoms with Crippen LogP contribution >= 0.6 is 0 Å². The Morgan fingerprint density at radius 1 is 1.27 bits per heavy atom. The molecule has 0 radical (unpaired) electrons. The minimum atomic E-state index is -0.557. The molecule has 0 spiro atoms. The van der Waals surface area contributed by atoms with Crippen LogP contribution in [0.4, 0.5) is 0 Å². The molecule has 4 heteroatoms. The lowest BCUT2D eigenvalue weighted by Crippen LogP contribution is -2.02. The number of pyridine rings is 1. The van der Waals surface area contributed by atoms with Crippen molar-refractivity contribution >= 4 is 5.65 Å². The molecule has 0 saturated carbocycles. The predicted octanol–water partition coefficient (Wildman–Crippen LogP) is 3.76. The van der Waals surface area contributed by atoms with E-state index in [9.17, 15) is 5.11 Å². The van der Waals surface area contributed by atoms with E-state index in [-0.39, 0.29) is 0 Å². The molecule has 0 aliphatic carbocycles. The first-order valence-corrected chi connectivity index (χ1v) is 7.45. The van der Waals surface area contributed by atoms with Crippen molar-refractivity contribution in [3.8, 4) is 17.0 Å². The van der Waals surface area contributed by atoms with Crippen LogP contribution in [0.2, 0.25) is 0 Å². The Kier molecular flexibility index (Phi) is 3.86. The third kappa shape index (κ3) is 2.35. The summed E-state index contributed by atoms with van der Waals surface area (Å²) < 4.78 is 7.29. The fourth-order valence-electron chi connectivity index (χ4n) is 2.72. The average molecular weight is 296 g/mol. The molecule has 2 aromatic heterocycles. The summed E-state index contributed by atoms with van der Waals surface area (Å²) in [5.41, 5.74) is 4.55. The lowest BCUT2D eigenvalue weighted by atomic mass is 10.1. The molecule has 22 heavy (non-hydrogen) atoms. The van der Waals surface area contributed by atoms with Crippen LogP contribution in [0.5, 0.6) is 5.75 Å². The molecule has 0 bridgehead atoms. The van der Waals surface area contributed by atoms with Gasteiger partial charge in [-0.05, 0) is 37.1 Å². The standard InChI is InChI=1S/C18H20N2O2/c1-4-15(21)17-16(13-8-5-9-14(11-13)22-3)19-18-12(2)7-6-10-20(17)18/h5-11,15,21H,4H2,1-3H3. The van der Waals surface area contributed by atoms with Crippen LogP contribution in [0.3, 0.4) is 0 Å². The average Bonchev–Trinajstić information content (AvgIpc) is 2.95. The second-order valence-corrected chi connectivity index (χ2v) is 5.39. The van der Waals surface area contributed by atoms with E-state index in [2.05, 4.69) is 0 Å². The zero-order valence-corrected chi connectivity index (χ0v) is 13.1. The Morgan fingerprint density at radius 2 is 2.09 bits per heavy atom. The van der Waals surface area contributed by atoms with Gasteiger partial charge in [0.1, 0.15) is 11.4 Å². The Labute approximate surface area is 130 Å². The summed E-state index contributed by atoms with van der Waals surface area (Å²) >= 11 is 0. The second-order valence-electron chi connectivity index (χ2n) is 5.39. The number of hydrogen-bond acceptors (Lipinski definition) is 3. The van der Waals surface area contributed by atoms with Crippen molar-refractivity contribution < 1.29 is 9.84 Å². The molecule has 0 amide bonds. The van der Waals surface area contributed by atoms with Gasteiger partial charge >= 0.3 is 0 Å². The highest BCUT2D eigenvalue weighted by Crippen LogP contribution is 2.32. The summed E-state index contributed by atoms with van der Waals surface area (Å²) in [6.45, 7) is 4.00. The van der Waals surface area contributed by atoms with E-state index in [0.29, 0.717) is 6.42 Å². The maximum Gasteiger partial charge on any atom is 0.140 e. The number of aliphatic hydroxyl groups is 1. The lowest BCUT2D eigenvalue weighted by Gasteiger charge is -2.11. The third-order valence-electron chi connectivity index (χ3n) is 3.93. The predicted molar refractivity (Wildman–Crippen MR) is 87.2 cm³/mol. The number of hydrogen-bond donors (Lipinski definition) is 1. The van der Waals surface area contributed by atoms with Crippen molar-refractivity contribution in [2.75, 3.05) is 7.11 Å². The number of aliphatic hydroxyl groups excluding tert-OH is 1. The van der Waals surface area contributed by atoms with Gasteiger partial charge in [-0.15, -0.1) is 0 Å². The maximum atomic E-state index is 10.5. The van der Waals surface area contributed by atoms with E-state index < -0.39 is 6.10 Å². The number of nitrogens with zero attached hydrogens (tertiary/aromatic N) is 2. The summed E-state index contributed by atoms with van der Waals surface area (Å²) in [5, 5.41) is 10.5. The smallest absolute Gasteiger partial charge is 0.140 e. The molecule has 114 valence electrons. The number of benzene rings is 1. The number of aryl methyl sites for hydroxylation is 1. The molecule has 3 aromatic rings. The van der Waals surface area contributed by atoms with Gasteiger partial charge in [0.25, 0.3) is 0 Å². The molecule has 1 aromatic carbocycles. The highest BCUT2D eigenvalue weighted by Gasteiger charge is 2.20. The lowest BCUT2D eigenvalue weighted by molar-refractivity contribution is 0.168. The van der Waals surface area contributed by atoms with Crippen molar-refractivity contribution in [3.05, 3.63) is 53.9 Å². The van der Waals surface area contributed by atoms with Gasteiger partial charge in [-0.3, -0.25) is 0 Å². The molecule has 1 unspecified atom stereocenters. The minimum Gasteiger partial charge on any atom is -0.497 e. The van der Waals surface area contributed by atoms with Crippen LogP contribution in [0.25, 0.3) is 16.9 Å². The number of methoxy groups -OCH3 is 1. The van der Waals surface area contributed by atoms with Crippen LogP contribution in [0.1, 0.15) is 30.7 Å². The summed E-state index contributed by atoms with van der Waals surface area (Å²) in [6.07, 6.45) is 2.03. The van der Waals surface area contributed by atoms with Crippen LogP contribution in [0, 0.1) is 6.92 Å². The molecule has 1 N–H and O–H groups in total. The van der Waals surface area contributed by atoms with E-state index in [0.717, 1.165) is 33.9 Å². The van der Waals surface area contributed by atoms with E-state index in [1.165, 1.54) is 0 Å². The second kappa shape index (κ2) is 5.81. The molecule has 0 aliphatic heterocycles. The number of rotatable bonds is 4. The highest BCUT2D eigenvalue weighted by atomic mass is 16.5. The number of aromatic nitrogens is 2. The number of imidazole rings is 1. The van der Waals surface area contributed by atoms with Crippen LogP contribution < -0.4 is 4.74 Å². The fraction of sp³-hybridized carbons (Fsp3) is 0.278. The maximum absolute atomic E-state index is 10.5. The van der Waals surface area contributed by atoms with Gasteiger partial charge in [0, 0.05) is 11.8 Å². The van der Waals surface area contributed by atoms with Gasteiger partial charge in [0.05, 0.1) is 24.6 Å².